The highest BCUT2D eigenvalue weighted by atomic mass is 16.5. The molecule has 8 heteroatoms. The summed E-state index contributed by atoms with van der Waals surface area (Å²) in [6, 6.07) is 8.70. The normalized spacial score (nSPS) is 20.6. The molecule has 29 heavy (non-hydrogen) atoms. The van der Waals surface area contributed by atoms with Crippen molar-refractivity contribution in [2.45, 2.75) is 32.7 Å². The van der Waals surface area contributed by atoms with E-state index in [2.05, 4.69) is 20.9 Å². The van der Waals surface area contributed by atoms with Crippen molar-refractivity contribution in [1.29, 1.82) is 0 Å². The molecule has 0 spiro atoms. The average molecular weight is 400 g/mol. The predicted molar refractivity (Wildman–Crippen MR) is 109 cm³/mol. The number of hydrogen-bond acceptors (Lipinski definition) is 5. The first-order valence-corrected chi connectivity index (χ1v) is 10.0. The van der Waals surface area contributed by atoms with Gasteiger partial charge in [0.15, 0.2) is 0 Å². The molecule has 1 saturated heterocycles. The van der Waals surface area contributed by atoms with Gasteiger partial charge in [-0.15, -0.1) is 0 Å². The maximum atomic E-state index is 12.5. The number of hydrogen-bond donors (Lipinski definition) is 3. The molecule has 0 aliphatic carbocycles. The van der Waals surface area contributed by atoms with Gasteiger partial charge in [0.1, 0.15) is 0 Å². The lowest BCUT2D eigenvalue weighted by Gasteiger charge is -2.34. The second-order valence-corrected chi connectivity index (χ2v) is 7.34. The first-order chi connectivity index (χ1) is 14.0. The Morgan fingerprint density at radius 1 is 1.21 bits per heavy atom. The quantitative estimate of drug-likeness (QED) is 0.633. The largest absolute Gasteiger partial charge is 0.463 e. The Hall–Kier alpha value is -2.87. The van der Waals surface area contributed by atoms with E-state index in [0.717, 1.165) is 18.5 Å². The minimum absolute atomic E-state index is 0.0334. The third-order valence-corrected chi connectivity index (χ3v) is 5.25. The zero-order valence-corrected chi connectivity index (χ0v) is 16.9. The SMILES string of the molecule is CCOC(=O)C1=C(CN2CCC(C(=O)Nc3ccccc3)CC2)NC(=O)N[C@@H]1C. The maximum absolute atomic E-state index is 12.5. The van der Waals surface area contributed by atoms with Gasteiger partial charge in [-0.1, -0.05) is 18.2 Å². The van der Waals surface area contributed by atoms with Crippen LogP contribution >= 0.6 is 0 Å². The minimum Gasteiger partial charge on any atom is -0.463 e. The fraction of sp³-hybridized carbons (Fsp3) is 0.476. The lowest BCUT2D eigenvalue weighted by molar-refractivity contribution is -0.139. The van der Waals surface area contributed by atoms with Gasteiger partial charge < -0.3 is 20.7 Å². The molecule has 2 aliphatic heterocycles. The van der Waals surface area contributed by atoms with E-state index in [1.54, 1.807) is 13.8 Å². The van der Waals surface area contributed by atoms with Crippen molar-refractivity contribution in [2.75, 3.05) is 31.6 Å². The fourth-order valence-electron chi connectivity index (χ4n) is 3.75. The van der Waals surface area contributed by atoms with E-state index < -0.39 is 12.0 Å². The van der Waals surface area contributed by atoms with Gasteiger partial charge in [-0.25, -0.2) is 9.59 Å². The highest BCUT2D eigenvalue weighted by Gasteiger charge is 2.32. The van der Waals surface area contributed by atoms with E-state index in [0.29, 0.717) is 30.9 Å². The summed E-state index contributed by atoms with van der Waals surface area (Å²) in [5.74, 6) is -0.433. The molecule has 0 aromatic heterocycles. The van der Waals surface area contributed by atoms with E-state index in [1.165, 1.54) is 0 Å². The predicted octanol–water partition coefficient (Wildman–Crippen LogP) is 1.86. The number of urea groups is 1. The molecule has 3 rings (SSSR count). The number of nitrogens with one attached hydrogen (secondary N) is 3. The van der Waals surface area contributed by atoms with Crippen LogP contribution in [-0.2, 0) is 14.3 Å². The number of carbonyl (C=O) groups is 3. The van der Waals surface area contributed by atoms with Gasteiger partial charge in [0.05, 0.1) is 18.2 Å². The summed E-state index contributed by atoms with van der Waals surface area (Å²) >= 11 is 0. The zero-order valence-electron chi connectivity index (χ0n) is 16.9. The zero-order chi connectivity index (χ0) is 20.8. The van der Waals surface area contributed by atoms with E-state index >= 15 is 0 Å². The first kappa shape index (κ1) is 20.9. The second kappa shape index (κ2) is 9.56. The molecule has 156 valence electrons. The summed E-state index contributed by atoms with van der Waals surface area (Å²) < 4.78 is 5.15. The van der Waals surface area contributed by atoms with E-state index in [9.17, 15) is 14.4 Å². The minimum atomic E-state index is -0.417. The summed E-state index contributed by atoms with van der Waals surface area (Å²) in [5.41, 5.74) is 1.83. The Bertz CT molecular complexity index is 785. The fourth-order valence-corrected chi connectivity index (χ4v) is 3.75. The van der Waals surface area contributed by atoms with Crippen LogP contribution in [0.1, 0.15) is 26.7 Å². The van der Waals surface area contributed by atoms with Crippen molar-refractivity contribution in [1.82, 2.24) is 15.5 Å². The van der Waals surface area contributed by atoms with Gasteiger partial charge in [0.2, 0.25) is 5.91 Å². The number of likely N-dealkylation sites (tertiary alicyclic amines) is 1. The Labute approximate surface area is 170 Å². The standard InChI is InChI=1S/C21H28N4O4/c1-3-29-20(27)18-14(2)22-21(28)24-17(18)13-25-11-9-15(10-12-25)19(26)23-16-7-5-4-6-8-16/h4-8,14-15H,3,9-13H2,1-2H3,(H,23,26)(H2,22,24,28)/t14-/m1/s1. The molecule has 3 amide bonds. The number of esters is 1. The number of para-hydroxylation sites is 1. The molecule has 1 atom stereocenters. The number of amides is 3. The van der Waals surface area contributed by atoms with Crippen LogP contribution in [0.5, 0.6) is 0 Å². The van der Waals surface area contributed by atoms with Crippen molar-refractivity contribution >= 4 is 23.6 Å². The number of anilines is 1. The van der Waals surface area contributed by atoms with Crippen molar-refractivity contribution in [3.8, 4) is 0 Å². The van der Waals surface area contributed by atoms with Gasteiger partial charge in [-0.05, 0) is 51.9 Å². The number of rotatable bonds is 6. The third-order valence-electron chi connectivity index (χ3n) is 5.25. The van der Waals surface area contributed by atoms with E-state index in [1.807, 2.05) is 30.3 Å². The molecule has 2 aliphatic rings. The highest BCUT2D eigenvalue weighted by Crippen LogP contribution is 2.22. The second-order valence-electron chi connectivity index (χ2n) is 7.34. The van der Waals surface area contributed by atoms with Crippen LogP contribution in [-0.4, -0.2) is 55.1 Å². The monoisotopic (exact) mass is 400 g/mol. The molecule has 1 fully saturated rings. The maximum Gasteiger partial charge on any atom is 0.337 e. The molecule has 1 aromatic carbocycles. The van der Waals surface area contributed by atoms with E-state index in [-0.39, 0.29) is 24.5 Å². The Balaban J connectivity index is 1.59. The van der Waals surface area contributed by atoms with Crippen LogP contribution in [0.3, 0.4) is 0 Å². The molecular weight excluding hydrogens is 372 g/mol. The smallest absolute Gasteiger partial charge is 0.337 e. The van der Waals surface area contributed by atoms with Crippen LogP contribution in [0, 0.1) is 5.92 Å². The molecule has 0 unspecified atom stereocenters. The molecule has 1 aromatic rings. The third kappa shape index (κ3) is 5.35. The Morgan fingerprint density at radius 2 is 1.90 bits per heavy atom. The lowest BCUT2D eigenvalue weighted by Crippen LogP contribution is -2.52. The average Bonchev–Trinajstić information content (AvgIpc) is 2.69. The van der Waals surface area contributed by atoms with Crippen molar-refractivity contribution in [3.05, 3.63) is 41.6 Å². The number of benzene rings is 1. The number of ether oxygens (including phenoxy) is 1. The lowest BCUT2D eigenvalue weighted by atomic mass is 9.95. The van der Waals surface area contributed by atoms with Crippen molar-refractivity contribution in [3.63, 3.8) is 0 Å². The van der Waals surface area contributed by atoms with Gasteiger partial charge in [0.25, 0.3) is 0 Å². The summed E-state index contributed by atoms with van der Waals surface area (Å²) in [5, 5.41) is 8.42. The van der Waals surface area contributed by atoms with Crippen LogP contribution in [0.2, 0.25) is 0 Å². The van der Waals surface area contributed by atoms with Gasteiger partial charge >= 0.3 is 12.0 Å². The Kier molecular flexibility index (Phi) is 6.87. The molecule has 2 heterocycles. The summed E-state index contributed by atoms with van der Waals surface area (Å²) in [6.45, 7) is 5.67. The summed E-state index contributed by atoms with van der Waals surface area (Å²) in [7, 11) is 0. The van der Waals surface area contributed by atoms with Gasteiger partial charge in [0, 0.05) is 23.8 Å². The van der Waals surface area contributed by atoms with Crippen LogP contribution < -0.4 is 16.0 Å². The molecule has 3 N–H and O–H groups in total. The van der Waals surface area contributed by atoms with Crippen molar-refractivity contribution < 1.29 is 19.1 Å². The van der Waals surface area contributed by atoms with Gasteiger partial charge in [-0.3, -0.25) is 9.69 Å². The summed E-state index contributed by atoms with van der Waals surface area (Å²) in [6.07, 6.45) is 1.45. The number of carbonyl (C=O) groups excluding carboxylic acids is 3. The molecule has 0 radical (unpaired) electrons. The Morgan fingerprint density at radius 3 is 2.55 bits per heavy atom. The number of piperidine rings is 1. The molecule has 8 nitrogen and oxygen atoms in total. The molecular formula is C21H28N4O4. The molecule has 0 saturated carbocycles. The van der Waals surface area contributed by atoms with Crippen LogP contribution in [0.15, 0.2) is 41.6 Å². The van der Waals surface area contributed by atoms with Crippen LogP contribution in [0.25, 0.3) is 0 Å². The first-order valence-electron chi connectivity index (χ1n) is 10.0. The van der Waals surface area contributed by atoms with Crippen molar-refractivity contribution in [2.24, 2.45) is 5.92 Å². The number of nitrogens with zero attached hydrogens (tertiary/aromatic N) is 1. The van der Waals surface area contributed by atoms with Crippen LogP contribution in [0.4, 0.5) is 10.5 Å². The topological polar surface area (TPSA) is 99.8 Å². The highest BCUT2D eigenvalue weighted by molar-refractivity contribution is 5.95. The molecule has 0 bridgehead atoms. The van der Waals surface area contributed by atoms with E-state index in [4.69, 9.17) is 4.74 Å². The summed E-state index contributed by atoms with van der Waals surface area (Å²) in [4.78, 5) is 38.9. The van der Waals surface area contributed by atoms with Gasteiger partial charge in [-0.2, -0.15) is 0 Å².